The van der Waals surface area contributed by atoms with Gasteiger partial charge >= 0.3 is 5.97 Å². The Hall–Kier alpha value is -2.49. The maximum atomic E-state index is 12.6. The number of aryl methyl sites for hydroxylation is 1. The van der Waals surface area contributed by atoms with Gasteiger partial charge in [0.05, 0.1) is 25.9 Å². The minimum Gasteiger partial charge on any atom is -0.465 e. The highest BCUT2D eigenvalue weighted by molar-refractivity contribution is 7.80. The first-order valence-corrected chi connectivity index (χ1v) is 12.6. The van der Waals surface area contributed by atoms with Gasteiger partial charge in [0.1, 0.15) is 5.00 Å². The van der Waals surface area contributed by atoms with Gasteiger partial charge in [0.15, 0.2) is 5.11 Å². The molecule has 4 rings (SSSR count). The molecule has 0 atom stereocenters. The van der Waals surface area contributed by atoms with Gasteiger partial charge in [-0.25, -0.2) is 4.79 Å². The molecule has 1 aliphatic heterocycles. The summed E-state index contributed by atoms with van der Waals surface area (Å²) in [6, 6.07) is 7.24. The lowest BCUT2D eigenvalue weighted by Crippen LogP contribution is -2.40. The van der Waals surface area contributed by atoms with Crippen molar-refractivity contribution >= 4 is 51.2 Å². The first-order chi connectivity index (χ1) is 16.1. The smallest absolute Gasteiger partial charge is 0.341 e. The Balaban J connectivity index is 1.44. The zero-order valence-electron chi connectivity index (χ0n) is 18.8. The van der Waals surface area contributed by atoms with Crippen molar-refractivity contribution in [3.63, 3.8) is 0 Å². The van der Waals surface area contributed by atoms with E-state index in [0.29, 0.717) is 42.5 Å². The van der Waals surface area contributed by atoms with Gasteiger partial charge in [-0.15, -0.1) is 11.3 Å². The van der Waals surface area contributed by atoms with Crippen molar-refractivity contribution in [2.45, 2.75) is 38.5 Å². The summed E-state index contributed by atoms with van der Waals surface area (Å²) in [4.78, 5) is 28.2. The number of carbonyl (C=O) groups excluding carboxylic acids is 2. The van der Waals surface area contributed by atoms with Crippen LogP contribution >= 0.6 is 23.6 Å². The maximum absolute atomic E-state index is 12.6. The molecule has 0 saturated carbocycles. The molecule has 0 radical (unpaired) electrons. The van der Waals surface area contributed by atoms with Crippen molar-refractivity contribution in [1.82, 2.24) is 4.90 Å². The lowest BCUT2D eigenvalue weighted by Gasteiger charge is -2.26. The Morgan fingerprint density at radius 3 is 2.42 bits per heavy atom. The molecule has 1 saturated heterocycles. The molecule has 2 heterocycles. The van der Waals surface area contributed by atoms with Crippen molar-refractivity contribution in [2.24, 2.45) is 0 Å². The lowest BCUT2D eigenvalue weighted by molar-refractivity contribution is 0.0303. The number of hydrogen-bond donors (Lipinski definition) is 2. The number of ether oxygens (including phenoxy) is 2. The Bertz CT molecular complexity index is 1010. The number of anilines is 2. The summed E-state index contributed by atoms with van der Waals surface area (Å²) >= 11 is 7.11. The van der Waals surface area contributed by atoms with Crippen molar-refractivity contribution in [3.05, 3.63) is 45.8 Å². The molecule has 0 spiro atoms. The number of esters is 1. The van der Waals surface area contributed by atoms with Gasteiger partial charge in [-0.3, -0.25) is 4.79 Å². The first kappa shape index (κ1) is 23.7. The molecule has 2 N–H and O–H groups in total. The van der Waals surface area contributed by atoms with E-state index in [2.05, 4.69) is 10.6 Å². The number of methoxy groups -OCH3 is 1. The molecule has 9 heteroatoms. The molecule has 0 unspecified atom stereocenters. The van der Waals surface area contributed by atoms with Crippen molar-refractivity contribution in [2.75, 3.05) is 44.0 Å². The number of benzene rings is 1. The molecule has 7 nitrogen and oxygen atoms in total. The minimum absolute atomic E-state index is 0.00396. The van der Waals surface area contributed by atoms with E-state index in [1.807, 2.05) is 12.1 Å². The molecular formula is C24H29N3O4S2. The quantitative estimate of drug-likeness (QED) is 0.486. The summed E-state index contributed by atoms with van der Waals surface area (Å²) in [6.45, 7) is 2.37. The molecular weight excluding hydrogens is 458 g/mol. The van der Waals surface area contributed by atoms with Crippen LogP contribution < -0.4 is 10.6 Å². The zero-order valence-corrected chi connectivity index (χ0v) is 20.4. The number of rotatable bonds is 4. The molecule has 1 fully saturated rings. The predicted octanol–water partition coefficient (Wildman–Crippen LogP) is 4.48. The van der Waals surface area contributed by atoms with Crippen LogP contribution in [-0.2, 0) is 22.3 Å². The highest BCUT2D eigenvalue weighted by Crippen LogP contribution is 2.37. The van der Waals surface area contributed by atoms with E-state index in [9.17, 15) is 9.59 Å². The van der Waals surface area contributed by atoms with E-state index in [1.165, 1.54) is 24.8 Å². The average Bonchev–Trinajstić information content (AvgIpc) is 3.14. The molecule has 0 bridgehead atoms. The second kappa shape index (κ2) is 11.1. The molecule has 2 aromatic rings. The van der Waals surface area contributed by atoms with Crippen LogP contribution in [0.4, 0.5) is 10.7 Å². The number of nitrogens with one attached hydrogen (secondary N) is 2. The Morgan fingerprint density at radius 1 is 1.03 bits per heavy atom. The number of fused-ring (bicyclic) bond motifs is 1. The number of thiophene rings is 1. The SMILES string of the molecule is COC(=O)c1c(NC(=S)Nc2ccc(C(=O)N3CCOCC3)cc2)sc2c1CCCCCC2. The largest absolute Gasteiger partial charge is 0.465 e. The van der Waals surface area contributed by atoms with Gasteiger partial charge in [-0.05, 0) is 67.7 Å². The molecule has 176 valence electrons. The van der Waals surface area contributed by atoms with Gasteiger partial charge in [-0.2, -0.15) is 0 Å². The number of hydrogen-bond acceptors (Lipinski definition) is 6. The van der Waals surface area contributed by atoms with Crippen LogP contribution in [0, 0.1) is 0 Å². The standard InChI is InChI=1S/C24H29N3O4S2/c1-30-23(29)20-18-6-4-2-3-5-7-19(18)33-21(20)26-24(32)25-17-10-8-16(9-11-17)22(28)27-12-14-31-15-13-27/h8-11H,2-7,12-15H2,1H3,(H2,25,26,32). The highest BCUT2D eigenvalue weighted by atomic mass is 32.1. The molecule has 1 aromatic heterocycles. The van der Waals surface area contributed by atoms with E-state index in [-0.39, 0.29) is 11.9 Å². The summed E-state index contributed by atoms with van der Waals surface area (Å²) in [5, 5.41) is 7.48. The minimum atomic E-state index is -0.329. The molecule has 33 heavy (non-hydrogen) atoms. The van der Waals surface area contributed by atoms with Crippen molar-refractivity contribution in [3.8, 4) is 0 Å². The van der Waals surface area contributed by atoms with E-state index in [4.69, 9.17) is 21.7 Å². The van der Waals surface area contributed by atoms with Gasteiger partial charge < -0.3 is 25.0 Å². The number of amides is 1. The fourth-order valence-electron chi connectivity index (χ4n) is 4.24. The third-order valence-corrected chi connectivity index (χ3v) is 7.39. The maximum Gasteiger partial charge on any atom is 0.341 e. The first-order valence-electron chi connectivity index (χ1n) is 11.3. The van der Waals surface area contributed by atoms with Crippen LogP contribution in [0.3, 0.4) is 0 Å². The van der Waals surface area contributed by atoms with Gasteiger partial charge in [0.2, 0.25) is 0 Å². The summed E-state index contributed by atoms with van der Waals surface area (Å²) in [7, 11) is 1.41. The third kappa shape index (κ3) is 5.72. The number of morpholine rings is 1. The van der Waals surface area contributed by atoms with E-state index >= 15 is 0 Å². The second-order valence-corrected chi connectivity index (χ2v) is 9.69. The Labute approximate surface area is 203 Å². The summed E-state index contributed by atoms with van der Waals surface area (Å²) in [5.74, 6) is -0.325. The van der Waals surface area contributed by atoms with Gasteiger partial charge in [0.25, 0.3) is 5.91 Å². The Kier molecular flexibility index (Phi) is 7.95. The topological polar surface area (TPSA) is 79.9 Å². The van der Waals surface area contributed by atoms with Gasteiger partial charge in [0, 0.05) is 29.2 Å². The van der Waals surface area contributed by atoms with E-state index in [0.717, 1.165) is 41.9 Å². The Morgan fingerprint density at radius 2 is 1.73 bits per heavy atom. The number of carbonyl (C=O) groups is 2. The summed E-state index contributed by atoms with van der Waals surface area (Å²) in [5.41, 5.74) is 3.10. The third-order valence-electron chi connectivity index (χ3n) is 5.98. The molecule has 2 aliphatic rings. The van der Waals surface area contributed by atoms with E-state index in [1.54, 1.807) is 28.4 Å². The van der Waals surface area contributed by atoms with Gasteiger partial charge in [-0.1, -0.05) is 12.8 Å². The van der Waals surface area contributed by atoms with Crippen LogP contribution in [0.1, 0.15) is 56.8 Å². The zero-order chi connectivity index (χ0) is 23.2. The summed E-state index contributed by atoms with van der Waals surface area (Å²) in [6.07, 6.45) is 6.47. The molecule has 1 aromatic carbocycles. The van der Waals surface area contributed by atoms with Crippen molar-refractivity contribution < 1.29 is 19.1 Å². The van der Waals surface area contributed by atoms with Crippen LogP contribution in [0.15, 0.2) is 24.3 Å². The monoisotopic (exact) mass is 487 g/mol. The van der Waals surface area contributed by atoms with E-state index < -0.39 is 0 Å². The number of thiocarbonyl (C=S) groups is 1. The van der Waals surface area contributed by atoms with Crippen LogP contribution in [0.2, 0.25) is 0 Å². The lowest BCUT2D eigenvalue weighted by atomic mass is 9.96. The van der Waals surface area contributed by atoms with Crippen molar-refractivity contribution in [1.29, 1.82) is 0 Å². The number of nitrogens with zero attached hydrogens (tertiary/aromatic N) is 1. The average molecular weight is 488 g/mol. The van der Waals surface area contributed by atoms with Crippen LogP contribution in [0.25, 0.3) is 0 Å². The molecule has 1 aliphatic carbocycles. The molecule has 1 amide bonds. The highest BCUT2D eigenvalue weighted by Gasteiger charge is 2.25. The second-order valence-electron chi connectivity index (χ2n) is 8.17. The summed E-state index contributed by atoms with van der Waals surface area (Å²) < 4.78 is 10.4. The predicted molar refractivity (Wildman–Crippen MR) is 135 cm³/mol. The normalized spacial score (nSPS) is 16.2. The van der Waals surface area contributed by atoms with Crippen LogP contribution in [0.5, 0.6) is 0 Å². The fraction of sp³-hybridized carbons (Fsp3) is 0.458. The van der Waals surface area contributed by atoms with Crippen LogP contribution in [-0.4, -0.2) is 55.3 Å². The fourth-order valence-corrected chi connectivity index (χ4v) is 5.80.